The van der Waals surface area contributed by atoms with Gasteiger partial charge in [0.1, 0.15) is 0 Å². The Morgan fingerprint density at radius 1 is 0.778 bits per heavy atom. The third-order valence-electron chi connectivity index (χ3n) is 4.50. The van der Waals surface area contributed by atoms with Crippen LogP contribution in [0.5, 0.6) is 0 Å². The molecule has 4 N–H and O–H groups in total. The lowest BCUT2D eigenvalue weighted by Gasteiger charge is -2.33. The Kier molecular flexibility index (Phi) is 6.57. The van der Waals surface area contributed by atoms with Gasteiger partial charge in [0.25, 0.3) is 0 Å². The second-order valence-electron chi connectivity index (χ2n) is 6.23. The molecule has 2 aliphatic heterocycles. The number of nitrogens with two attached hydrogens (primary N) is 2. The first-order chi connectivity index (χ1) is 8.40. The zero-order valence-corrected chi connectivity index (χ0v) is 12.6. The number of hydrogen-bond donors (Lipinski definition) is 2. The summed E-state index contributed by atoms with van der Waals surface area (Å²) in [6.07, 6.45) is 4.66. The highest BCUT2D eigenvalue weighted by molar-refractivity contribution is 4.78. The van der Waals surface area contributed by atoms with E-state index in [1.807, 2.05) is 0 Å². The first-order valence-corrected chi connectivity index (χ1v) is 7.31. The topological polar surface area (TPSA) is 58.5 Å². The average molecular weight is 256 g/mol. The van der Waals surface area contributed by atoms with Crippen molar-refractivity contribution in [3.05, 3.63) is 0 Å². The van der Waals surface area contributed by atoms with Crippen molar-refractivity contribution in [2.45, 2.75) is 63.7 Å². The first kappa shape index (κ1) is 15.9. The highest BCUT2D eigenvalue weighted by atomic mass is 15.1. The summed E-state index contributed by atoms with van der Waals surface area (Å²) < 4.78 is 0. The Balaban J connectivity index is 0.000000180. The average Bonchev–Trinajstić information content (AvgIpc) is 2.30. The molecule has 2 saturated heterocycles. The zero-order valence-electron chi connectivity index (χ0n) is 12.6. The molecule has 0 aromatic rings. The molecule has 2 fully saturated rings. The van der Waals surface area contributed by atoms with E-state index in [4.69, 9.17) is 11.5 Å². The van der Waals surface area contributed by atoms with Crippen molar-refractivity contribution in [3.8, 4) is 0 Å². The SMILES string of the molecule is C[C@@H]1C[C@H](N)CCN1C.C[C@H]1C[C@@H](N)CCN1C. The largest absolute Gasteiger partial charge is 0.328 e. The van der Waals surface area contributed by atoms with Gasteiger partial charge in [-0.1, -0.05) is 0 Å². The molecule has 0 bridgehead atoms. The van der Waals surface area contributed by atoms with E-state index in [9.17, 15) is 0 Å². The van der Waals surface area contributed by atoms with Crippen LogP contribution in [0, 0.1) is 0 Å². The summed E-state index contributed by atoms with van der Waals surface area (Å²) in [7, 11) is 4.33. The van der Waals surface area contributed by atoms with Gasteiger partial charge in [-0.15, -0.1) is 0 Å². The van der Waals surface area contributed by atoms with Gasteiger partial charge < -0.3 is 21.3 Å². The minimum Gasteiger partial charge on any atom is -0.328 e. The standard InChI is InChI=1S/2C7H16N2/c2*1-6-5-7(8)3-4-9(6)2/h2*6-7H,3-5,8H2,1-2H3/t2*6-,7-/m10/s1. The molecule has 0 spiro atoms. The number of rotatable bonds is 0. The number of likely N-dealkylation sites (tertiary alicyclic amines) is 2. The van der Waals surface area contributed by atoms with E-state index in [1.54, 1.807) is 0 Å². The van der Waals surface area contributed by atoms with Crippen molar-refractivity contribution in [1.29, 1.82) is 0 Å². The van der Waals surface area contributed by atoms with Crippen LogP contribution in [0.15, 0.2) is 0 Å². The van der Waals surface area contributed by atoms with Crippen LogP contribution in [0.25, 0.3) is 0 Å². The highest BCUT2D eigenvalue weighted by Crippen LogP contribution is 2.13. The molecule has 2 heterocycles. The van der Waals surface area contributed by atoms with Gasteiger partial charge in [-0.05, 0) is 66.7 Å². The van der Waals surface area contributed by atoms with Crippen LogP contribution in [-0.2, 0) is 0 Å². The first-order valence-electron chi connectivity index (χ1n) is 7.31. The maximum atomic E-state index is 5.76. The van der Waals surface area contributed by atoms with Gasteiger partial charge in [0.2, 0.25) is 0 Å². The van der Waals surface area contributed by atoms with E-state index in [-0.39, 0.29) is 0 Å². The molecule has 2 aliphatic rings. The molecule has 2 rings (SSSR count). The molecule has 18 heavy (non-hydrogen) atoms. The third kappa shape index (κ3) is 5.22. The minimum atomic E-state index is 0.455. The molecule has 4 nitrogen and oxygen atoms in total. The fraction of sp³-hybridized carbons (Fsp3) is 1.00. The molecule has 4 atom stereocenters. The summed E-state index contributed by atoms with van der Waals surface area (Å²) >= 11 is 0. The zero-order chi connectivity index (χ0) is 13.7. The quantitative estimate of drug-likeness (QED) is 0.675. The summed E-state index contributed by atoms with van der Waals surface area (Å²) in [5, 5.41) is 0. The van der Waals surface area contributed by atoms with Crippen molar-refractivity contribution < 1.29 is 0 Å². The third-order valence-corrected chi connectivity index (χ3v) is 4.50. The minimum absolute atomic E-state index is 0.455. The summed E-state index contributed by atoms with van der Waals surface area (Å²) in [6.45, 7) is 6.81. The van der Waals surface area contributed by atoms with E-state index in [0.29, 0.717) is 24.2 Å². The molecule has 0 aromatic carbocycles. The molecular formula is C14H32N4. The van der Waals surface area contributed by atoms with Crippen LogP contribution in [0.3, 0.4) is 0 Å². The Morgan fingerprint density at radius 3 is 1.33 bits per heavy atom. The van der Waals surface area contributed by atoms with E-state index in [2.05, 4.69) is 37.7 Å². The molecule has 108 valence electrons. The number of hydrogen-bond acceptors (Lipinski definition) is 4. The second-order valence-corrected chi connectivity index (χ2v) is 6.23. The Labute approximate surface area is 113 Å². The van der Waals surface area contributed by atoms with Crippen molar-refractivity contribution in [2.75, 3.05) is 27.2 Å². The molecule has 0 radical (unpaired) electrons. The fourth-order valence-electron chi connectivity index (χ4n) is 2.65. The second kappa shape index (κ2) is 7.43. The normalized spacial score (nSPS) is 39.0. The van der Waals surface area contributed by atoms with Crippen molar-refractivity contribution >= 4 is 0 Å². The van der Waals surface area contributed by atoms with E-state index in [1.165, 1.54) is 25.9 Å². The maximum absolute atomic E-state index is 5.76. The van der Waals surface area contributed by atoms with Gasteiger partial charge in [0.05, 0.1) is 0 Å². The van der Waals surface area contributed by atoms with Crippen LogP contribution in [-0.4, -0.2) is 61.2 Å². The van der Waals surface area contributed by atoms with Crippen LogP contribution in [0.2, 0.25) is 0 Å². The highest BCUT2D eigenvalue weighted by Gasteiger charge is 2.19. The van der Waals surface area contributed by atoms with E-state index in [0.717, 1.165) is 12.8 Å². The van der Waals surface area contributed by atoms with Crippen LogP contribution in [0.1, 0.15) is 39.5 Å². The van der Waals surface area contributed by atoms with Crippen molar-refractivity contribution in [3.63, 3.8) is 0 Å². The van der Waals surface area contributed by atoms with E-state index >= 15 is 0 Å². The maximum Gasteiger partial charge on any atom is 0.00786 e. The Bertz CT molecular complexity index is 210. The van der Waals surface area contributed by atoms with Gasteiger partial charge in [-0.2, -0.15) is 0 Å². The Hall–Kier alpha value is -0.160. The molecule has 0 saturated carbocycles. The van der Waals surface area contributed by atoms with Gasteiger partial charge in [0, 0.05) is 24.2 Å². The summed E-state index contributed by atoms with van der Waals surface area (Å²) in [5.41, 5.74) is 11.5. The lowest BCUT2D eigenvalue weighted by Crippen LogP contribution is -2.43. The van der Waals surface area contributed by atoms with Crippen LogP contribution in [0.4, 0.5) is 0 Å². The summed E-state index contributed by atoms with van der Waals surface area (Å²) in [4.78, 5) is 4.73. The molecule has 0 unspecified atom stereocenters. The monoisotopic (exact) mass is 256 g/mol. The molecule has 0 aliphatic carbocycles. The number of piperidine rings is 2. The smallest absolute Gasteiger partial charge is 0.00786 e. The molecular weight excluding hydrogens is 224 g/mol. The lowest BCUT2D eigenvalue weighted by molar-refractivity contribution is 0.184. The predicted octanol–water partition coefficient (Wildman–Crippen LogP) is 0.856. The van der Waals surface area contributed by atoms with Gasteiger partial charge in [0.15, 0.2) is 0 Å². The summed E-state index contributed by atoms with van der Waals surface area (Å²) in [5.74, 6) is 0. The van der Waals surface area contributed by atoms with Crippen molar-refractivity contribution in [1.82, 2.24) is 9.80 Å². The van der Waals surface area contributed by atoms with Crippen molar-refractivity contribution in [2.24, 2.45) is 11.5 Å². The Morgan fingerprint density at radius 2 is 1.11 bits per heavy atom. The van der Waals surface area contributed by atoms with Crippen LogP contribution < -0.4 is 11.5 Å². The van der Waals surface area contributed by atoms with Gasteiger partial charge >= 0.3 is 0 Å². The van der Waals surface area contributed by atoms with Gasteiger partial charge in [-0.25, -0.2) is 0 Å². The van der Waals surface area contributed by atoms with E-state index < -0.39 is 0 Å². The lowest BCUT2D eigenvalue weighted by atomic mass is 10.0. The molecule has 0 amide bonds. The predicted molar refractivity (Wildman–Crippen MR) is 78.6 cm³/mol. The summed E-state index contributed by atoms with van der Waals surface area (Å²) in [6, 6.07) is 2.29. The molecule has 4 heteroatoms. The molecule has 0 aromatic heterocycles. The fourth-order valence-corrected chi connectivity index (χ4v) is 2.65. The number of nitrogens with zero attached hydrogens (tertiary/aromatic N) is 2. The van der Waals surface area contributed by atoms with Gasteiger partial charge in [-0.3, -0.25) is 0 Å². The van der Waals surface area contributed by atoms with Crippen LogP contribution >= 0.6 is 0 Å².